The summed E-state index contributed by atoms with van der Waals surface area (Å²) < 4.78 is 37.6. The van der Waals surface area contributed by atoms with Gasteiger partial charge in [0, 0.05) is 25.6 Å². The summed E-state index contributed by atoms with van der Waals surface area (Å²) in [6, 6.07) is 0. The molecule has 15 heavy (non-hydrogen) atoms. The second-order valence-electron chi connectivity index (χ2n) is 3.99. The molecule has 6 heteroatoms. The molecule has 0 radical (unpaired) electrons. The predicted molar refractivity (Wildman–Crippen MR) is 50.2 cm³/mol. The second-order valence-corrected chi connectivity index (χ2v) is 3.99. The maximum atomic E-state index is 12.5. The predicted octanol–water partition coefficient (Wildman–Crippen LogP) is 0.438. The standard InChI is InChI=1S/C9H17F3N2O/c10-9(11,12)8-5-14(3-1-2-13)4-7(8)6-15/h7-8,15H,1-6,13H2/t7-,8+/m1/s1. The Hall–Kier alpha value is -0.330. The fourth-order valence-corrected chi connectivity index (χ4v) is 2.01. The number of rotatable bonds is 4. The summed E-state index contributed by atoms with van der Waals surface area (Å²) in [6.07, 6.45) is -3.51. The molecule has 0 aliphatic carbocycles. The van der Waals surface area contributed by atoms with Crippen molar-refractivity contribution in [3.63, 3.8) is 0 Å². The average molecular weight is 226 g/mol. The number of likely N-dealkylation sites (tertiary alicyclic amines) is 1. The lowest BCUT2D eigenvalue weighted by Gasteiger charge is -2.19. The Morgan fingerprint density at radius 2 is 2.00 bits per heavy atom. The summed E-state index contributed by atoms with van der Waals surface area (Å²) in [5, 5.41) is 8.89. The van der Waals surface area contributed by atoms with E-state index < -0.39 is 24.6 Å². The van der Waals surface area contributed by atoms with Gasteiger partial charge in [-0.2, -0.15) is 13.2 Å². The molecule has 2 atom stereocenters. The summed E-state index contributed by atoms with van der Waals surface area (Å²) in [5.74, 6) is -2.07. The molecule has 0 aromatic carbocycles. The molecule has 0 amide bonds. The lowest BCUT2D eigenvalue weighted by molar-refractivity contribution is -0.183. The van der Waals surface area contributed by atoms with E-state index >= 15 is 0 Å². The molecule has 3 N–H and O–H groups in total. The van der Waals surface area contributed by atoms with E-state index in [1.54, 1.807) is 4.90 Å². The monoisotopic (exact) mass is 226 g/mol. The highest BCUT2D eigenvalue weighted by Crippen LogP contribution is 2.37. The minimum atomic E-state index is -4.20. The molecule has 3 nitrogen and oxygen atoms in total. The van der Waals surface area contributed by atoms with Crippen LogP contribution in [-0.4, -0.2) is 49.0 Å². The van der Waals surface area contributed by atoms with Gasteiger partial charge in [-0.3, -0.25) is 0 Å². The van der Waals surface area contributed by atoms with Crippen molar-refractivity contribution in [1.29, 1.82) is 0 Å². The van der Waals surface area contributed by atoms with Crippen molar-refractivity contribution in [3.8, 4) is 0 Å². The zero-order chi connectivity index (χ0) is 11.5. The van der Waals surface area contributed by atoms with Crippen molar-refractivity contribution in [2.45, 2.75) is 12.6 Å². The third-order valence-electron chi connectivity index (χ3n) is 2.85. The van der Waals surface area contributed by atoms with E-state index in [4.69, 9.17) is 10.8 Å². The number of nitrogens with zero attached hydrogens (tertiary/aromatic N) is 1. The first-order valence-electron chi connectivity index (χ1n) is 5.09. The smallest absolute Gasteiger partial charge is 0.393 e. The molecule has 1 rings (SSSR count). The number of hydrogen-bond donors (Lipinski definition) is 2. The Labute approximate surface area is 87.0 Å². The van der Waals surface area contributed by atoms with Gasteiger partial charge < -0.3 is 15.7 Å². The third-order valence-corrected chi connectivity index (χ3v) is 2.85. The van der Waals surface area contributed by atoms with Crippen molar-refractivity contribution in [2.24, 2.45) is 17.6 Å². The number of nitrogens with two attached hydrogens (primary N) is 1. The van der Waals surface area contributed by atoms with Gasteiger partial charge in [-0.1, -0.05) is 0 Å². The zero-order valence-electron chi connectivity index (χ0n) is 8.50. The lowest BCUT2D eigenvalue weighted by atomic mass is 9.97. The van der Waals surface area contributed by atoms with Gasteiger partial charge in [0.2, 0.25) is 0 Å². The van der Waals surface area contributed by atoms with Gasteiger partial charge in [0.05, 0.1) is 5.92 Å². The van der Waals surface area contributed by atoms with Gasteiger partial charge in [0.15, 0.2) is 0 Å². The van der Waals surface area contributed by atoms with Crippen molar-refractivity contribution >= 4 is 0 Å². The van der Waals surface area contributed by atoms with Gasteiger partial charge in [-0.05, 0) is 19.5 Å². The van der Waals surface area contributed by atoms with E-state index in [2.05, 4.69) is 0 Å². The first kappa shape index (κ1) is 12.7. The molecule has 1 aliphatic heterocycles. The first-order chi connectivity index (χ1) is 6.99. The Morgan fingerprint density at radius 1 is 1.33 bits per heavy atom. The Morgan fingerprint density at radius 3 is 2.40 bits per heavy atom. The normalized spacial score (nSPS) is 28.6. The molecule has 90 valence electrons. The largest absolute Gasteiger partial charge is 0.396 e. The molecule has 0 unspecified atom stereocenters. The second kappa shape index (κ2) is 5.14. The summed E-state index contributed by atoms with van der Waals surface area (Å²) in [7, 11) is 0. The van der Waals surface area contributed by atoms with E-state index in [9.17, 15) is 13.2 Å². The quantitative estimate of drug-likeness (QED) is 0.731. The van der Waals surface area contributed by atoms with Crippen molar-refractivity contribution < 1.29 is 18.3 Å². The van der Waals surface area contributed by atoms with Gasteiger partial charge in [-0.25, -0.2) is 0 Å². The Balaban J connectivity index is 2.51. The van der Waals surface area contributed by atoms with Gasteiger partial charge >= 0.3 is 6.18 Å². The zero-order valence-corrected chi connectivity index (χ0v) is 8.50. The molecular formula is C9H17F3N2O. The van der Waals surface area contributed by atoms with Gasteiger partial charge in [0.1, 0.15) is 0 Å². The summed E-state index contributed by atoms with van der Waals surface area (Å²) >= 11 is 0. The molecule has 0 bridgehead atoms. The van der Waals surface area contributed by atoms with Crippen LogP contribution >= 0.6 is 0 Å². The average Bonchev–Trinajstić information content (AvgIpc) is 2.57. The van der Waals surface area contributed by atoms with Crippen LogP contribution in [0.5, 0.6) is 0 Å². The van der Waals surface area contributed by atoms with Crippen LogP contribution in [0.2, 0.25) is 0 Å². The van der Waals surface area contributed by atoms with Crippen LogP contribution < -0.4 is 5.73 Å². The number of hydrogen-bond acceptors (Lipinski definition) is 3. The highest BCUT2D eigenvalue weighted by atomic mass is 19.4. The fraction of sp³-hybridized carbons (Fsp3) is 1.00. The molecular weight excluding hydrogens is 209 g/mol. The molecule has 0 spiro atoms. The van der Waals surface area contributed by atoms with Crippen molar-refractivity contribution in [2.75, 3.05) is 32.8 Å². The summed E-state index contributed by atoms with van der Waals surface area (Å²) in [4.78, 5) is 1.73. The molecule has 1 saturated heterocycles. The van der Waals surface area contributed by atoms with E-state index in [1.807, 2.05) is 0 Å². The molecule has 1 aliphatic rings. The van der Waals surface area contributed by atoms with Crippen LogP contribution in [0.1, 0.15) is 6.42 Å². The van der Waals surface area contributed by atoms with Crippen LogP contribution in [0.25, 0.3) is 0 Å². The summed E-state index contributed by atoms with van der Waals surface area (Å²) in [5.41, 5.74) is 5.30. The number of aliphatic hydroxyl groups excluding tert-OH is 1. The fourth-order valence-electron chi connectivity index (χ4n) is 2.01. The van der Waals surface area contributed by atoms with Crippen molar-refractivity contribution in [1.82, 2.24) is 4.90 Å². The number of alkyl halides is 3. The van der Waals surface area contributed by atoms with E-state index in [1.165, 1.54) is 0 Å². The first-order valence-corrected chi connectivity index (χ1v) is 5.09. The minimum absolute atomic E-state index is 0.00523. The van der Waals surface area contributed by atoms with Crippen LogP contribution in [-0.2, 0) is 0 Å². The lowest BCUT2D eigenvalue weighted by Crippen LogP contribution is -2.31. The molecule has 0 aromatic rings. The number of aliphatic hydroxyl groups is 1. The Bertz CT molecular complexity index is 198. The molecule has 0 aromatic heterocycles. The summed E-state index contributed by atoms with van der Waals surface area (Å²) in [6.45, 7) is 0.981. The number of halogens is 3. The van der Waals surface area contributed by atoms with E-state index in [-0.39, 0.29) is 6.54 Å². The molecule has 0 saturated carbocycles. The van der Waals surface area contributed by atoms with Crippen LogP contribution in [0.3, 0.4) is 0 Å². The topological polar surface area (TPSA) is 49.5 Å². The van der Waals surface area contributed by atoms with Gasteiger partial charge in [0.25, 0.3) is 0 Å². The molecule has 1 heterocycles. The van der Waals surface area contributed by atoms with Crippen LogP contribution in [0.4, 0.5) is 13.2 Å². The van der Waals surface area contributed by atoms with E-state index in [0.717, 1.165) is 0 Å². The van der Waals surface area contributed by atoms with Crippen LogP contribution in [0.15, 0.2) is 0 Å². The maximum absolute atomic E-state index is 12.5. The highest BCUT2D eigenvalue weighted by molar-refractivity contribution is 4.87. The van der Waals surface area contributed by atoms with Crippen molar-refractivity contribution in [3.05, 3.63) is 0 Å². The van der Waals surface area contributed by atoms with E-state index in [0.29, 0.717) is 26.1 Å². The van der Waals surface area contributed by atoms with Crippen LogP contribution in [0, 0.1) is 11.8 Å². The SMILES string of the molecule is NCCCN1C[C@H](CO)[C@@H](C(F)(F)F)C1. The molecule has 1 fully saturated rings. The maximum Gasteiger partial charge on any atom is 0.393 e. The third kappa shape index (κ3) is 3.32. The minimum Gasteiger partial charge on any atom is -0.396 e. The Kier molecular flexibility index (Phi) is 4.36. The highest BCUT2D eigenvalue weighted by Gasteiger charge is 2.48. The van der Waals surface area contributed by atoms with Gasteiger partial charge in [-0.15, -0.1) is 0 Å².